The van der Waals surface area contributed by atoms with Crippen LogP contribution in [0, 0.1) is 11.8 Å². The Bertz CT molecular complexity index is 259. The first-order valence-corrected chi connectivity index (χ1v) is 6.56. The van der Waals surface area contributed by atoms with Gasteiger partial charge in [0.2, 0.25) is 10.0 Å². The molecular formula is C9H19NO2S. The summed E-state index contributed by atoms with van der Waals surface area (Å²) in [5.41, 5.74) is 0. The standard InChI is InChI=1S/C9H19NO2S/c1-4-13(11,12)10-6-5-9(7-10)8(2)3/h8-9H,4-7H2,1-3H3. The fourth-order valence-corrected chi connectivity index (χ4v) is 2.90. The van der Waals surface area contributed by atoms with E-state index in [-0.39, 0.29) is 5.75 Å². The molecule has 1 aliphatic rings. The Morgan fingerprint density at radius 1 is 1.46 bits per heavy atom. The van der Waals surface area contributed by atoms with Gasteiger partial charge < -0.3 is 0 Å². The molecule has 0 bridgehead atoms. The van der Waals surface area contributed by atoms with E-state index >= 15 is 0 Å². The zero-order valence-corrected chi connectivity index (χ0v) is 9.47. The van der Waals surface area contributed by atoms with Gasteiger partial charge in [-0.3, -0.25) is 0 Å². The van der Waals surface area contributed by atoms with Crippen molar-refractivity contribution >= 4 is 10.0 Å². The predicted molar refractivity (Wildman–Crippen MR) is 54.0 cm³/mol. The lowest BCUT2D eigenvalue weighted by atomic mass is 9.96. The molecule has 13 heavy (non-hydrogen) atoms. The van der Waals surface area contributed by atoms with Gasteiger partial charge in [-0.15, -0.1) is 0 Å². The van der Waals surface area contributed by atoms with Crippen LogP contribution >= 0.6 is 0 Å². The fourth-order valence-electron chi connectivity index (χ4n) is 1.73. The summed E-state index contributed by atoms with van der Waals surface area (Å²) >= 11 is 0. The van der Waals surface area contributed by atoms with E-state index in [0.29, 0.717) is 11.8 Å². The predicted octanol–water partition coefficient (Wildman–Crippen LogP) is 1.31. The molecule has 1 fully saturated rings. The van der Waals surface area contributed by atoms with Gasteiger partial charge in [0.15, 0.2) is 0 Å². The highest BCUT2D eigenvalue weighted by Gasteiger charge is 2.31. The summed E-state index contributed by atoms with van der Waals surface area (Å²) in [6, 6.07) is 0. The maximum absolute atomic E-state index is 11.5. The first-order chi connectivity index (χ1) is 5.97. The quantitative estimate of drug-likeness (QED) is 0.696. The van der Waals surface area contributed by atoms with Crippen LogP contribution < -0.4 is 0 Å². The molecule has 3 nitrogen and oxygen atoms in total. The molecule has 0 aromatic heterocycles. The average molecular weight is 205 g/mol. The van der Waals surface area contributed by atoms with Crippen LogP contribution in [0.3, 0.4) is 0 Å². The number of nitrogens with zero attached hydrogens (tertiary/aromatic N) is 1. The first-order valence-electron chi connectivity index (χ1n) is 4.95. The van der Waals surface area contributed by atoms with E-state index < -0.39 is 10.0 Å². The molecule has 1 aliphatic heterocycles. The molecular weight excluding hydrogens is 186 g/mol. The minimum Gasteiger partial charge on any atom is -0.212 e. The van der Waals surface area contributed by atoms with Gasteiger partial charge in [-0.25, -0.2) is 12.7 Å². The fraction of sp³-hybridized carbons (Fsp3) is 1.00. The van der Waals surface area contributed by atoms with Crippen molar-refractivity contribution in [2.45, 2.75) is 27.2 Å². The molecule has 1 unspecified atom stereocenters. The summed E-state index contributed by atoms with van der Waals surface area (Å²) in [6.45, 7) is 7.48. The van der Waals surface area contributed by atoms with Gasteiger partial charge in [-0.05, 0) is 25.2 Å². The Morgan fingerprint density at radius 2 is 2.08 bits per heavy atom. The Balaban J connectivity index is 2.60. The average Bonchev–Trinajstić information content (AvgIpc) is 2.52. The lowest BCUT2D eigenvalue weighted by Gasteiger charge is -2.16. The summed E-state index contributed by atoms with van der Waals surface area (Å²) in [6.07, 6.45) is 1.02. The molecule has 78 valence electrons. The van der Waals surface area contributed by atoms with Gasteiger partial charge in [-0.1, -0.05) is 13.8 Å². The van der Waals surface area contributed by atoms with Gasteiger partial charge in [0.05, 0.1) is 5.75 Å². The summed E-state index contributed by atoms with van der Waals surface area (Å²) in [5, 5.41) is 0. The molecule has 0 saturated carbocycles. The van der Waals surface area contributed by atoms with E-state index in [2.05, 4.69) is 13.8 Å². The van der Waals surface area contributed by atoms with Crippen LogP contribution in [0.2, 0.25) is 0 Å². The maximum atomic E-state index is 11.5. The smallest absolute Gasteiger partial charge is 0.212 e. The van der Waals surface area contributed by atoms with Crippen LogP contribution in [-0.2, 0) is 10.0 Å². The zero-order valence-electron chi connectivity index (χ0n) is 8.66. The Labute approximate surface area is 81.2 Å². The first kappa shape index (κ1) is 11.0. The van der Waals surface area contributed by atoms with E-state index in [4.69, 9.17) is 0 Å². The number of hydrogen-bond donors (Lipinski definition) is 0. The van der Waals surface area contributed by atoms with Gasteiger partial charge >= 0.3 is 0 Å². The Morgan fingerprint density at radius 3 is 2.46 bits per heavy atom. The SMILES string of the molecule is CCS(=O)(=O)N1CCC(C(C)C)C1. The second-order valence-corrected chi connectivity index (χ2v) is 6.31. The molecule has 0 amide bonds. The molecule has 0 radical (unpaired) electrons. The van der Waals surface area contributed by atoms with Crippen molar-refractivity contribution in [3.63, 3.8) is 0 Å². The Hall–Kier alpha value is -0.0900. The lowest BCUT2D eigenvalue weighted by molar-refractivity contribution is 0.389. The molecule has 0 aromatic carbocycles. The highest BCUT2D eigenvalue weighted by Crippen LogP contribution is 2.25. The van der Waals surface area contributed by atoms with E-state index in [9.17, 15) is 8.42 Å². The minimum atomic E-state index is -2.93. The van der Waals surface area contributed by atoms with Crippen molar-refractivity contribution in [2.75, 3.05) is 18.8 Å². The third-order valence-corrected chi connectivity index (χ3v) is 4.74. The Kier molecular flexibility index (Phi) is 3.35. The van der Waals surface area contributed by atoms with E-state index in [1.807, 2.05) is 0 Å². The second kappa shape index (κ2) is 3.96. The van der Waals surface area contributed by atoms with E-state index in [0.717, 1.165) is 19.5 Å². The topological polar surface area (TPSA) is 37.4 Å². The van der Waals surface area contributed by atoms with Crippen molar-refractivity contribution in [2.24, 2.45) is 11.8 Å². The molecule has 0 aromatic rings. The van der Waals surface area contributed by atoms with Gasteiger partial charge in [0.1, 0.15) is 0 Å². The van der Waals surface area contributed by atoms with Crippen molar-refractivity contribution in [3.05, 3.63) is 0 Å². The third-order valence-electron chi connectivity index (χ3n) is 2.89. The van der Waals surface area contributed by atoms with Crippen LogP contribution in [0.5, 0.6) is 0 Å². The van der Waals surface area contributed by atoms with Crippen LogP contribution in [0.15, 0.2) is 0 Å². The summed E-state index contributed by atoms with van der Waals surface area (Å²) in [7, 11) is -2.93. The van der Waals surface area contributed by atoms with Crippen LogP contribution in [0.4, 0.5) is 0 Å². The number of sulfonamides is 1. The van der Waals surface area contributed by atoms with Crippen molar-refractivity contribution < 1.29 is 8.42 Å². The van der Waals surface area contributed by atoms with E-state index in [1.165, 1.54) is 0 Å². The molecule has 1 atom stereocenters. The van der Waals surface area contributed by atoms with Crippen molar-refractivity contribution in [3.8, 4) is 0 Å². The summed E-state index contributed by atoms with van der Waals surface area (Å²) in [5.74, 6) is 1.39. The molecule has 1 saturated heterocycles. The minimum absolute atomic E-state index is 0.234. The molecule has 1 rings (SSSR count). The highest BCUT2D eigenvalue weighted by atomic mass is 32.2. The highest BCUT2D eigenvalue weighted by molar-refractivity contribution is 7.89. The molecule has 4 heteroatoms. The molecule has 0 spiro atoms. The van der Waals surface area contributed by atoms with Crippen molar-refractivity contribution in [1.29, 1.82) is 0 Å². The lowest BCUT2D eigenvalue weighted by Crippen LogP contribution is -2.30. The van der Waals surface area contributed by atoms with Crippen LogP contribution in [-0.4, -0.2) is 31.6 Å². The van der Waals surface area contributed by atoms with Crippen molar-refractivity contribution in [1.82, 2.24) is 4.31 Å². The van der Waals surface area contributed by atoms with E-state index in [1.54, 1.807) is 11.2 Å². The number of hydrogen-bond acceptors (Lipinski definition) is 2. The normalized spacial score (nSPS) is 25.7. The summed E-state index contributed by atoms with van der Waals surface area (Å²) < 4.78 is 24.6. The molecule has 1 heterocycles. The summed E-state index contributed by atoms with van der Waals surface area (Å²) in [4.78, 5) is 0. The van der Waals surface area contributed by atoms with Crippen LogP contribution in [0.25, 0.3) is 0 Å². The largest absolute Gasteiger partial charge is 0.213 e. The van der Waals surface area contributed by atoms with Crippen LogP contribution in [0.1, 0.15) is 27.2 Å². The van der Waals surface area contributed by atoms with Gasteiger partial charge in [0, 0.05) is 13.1 Å². The molecule has 0 aliphatic carbocycles. The second-order valence-electron chi connectivity index (χ2n) is 4.05. The van der Waals surface area contributed by atoms with Gasteiger partial charge in [0.25, 0.3) is 0 Å². The monoisotopic (exact) mass is 205 g/mol. The molecule has 0 N–H and O–H groups in total. The number of rotatable bonds is 3. The zero-order chi connectivity index (χ0) is 10.1. The van der Waals surface area contributed by atoms with Gasteiger partial charge in [-0.2, -0.15) is 0 Å². The maximum Gasteiger partial charge on any atom is 0.213 e. The third kappa shape index (κ3) is 2.44.